The van der Waals surface area contributed by atoms with Crippen molar-refractivity contribution in [2.45, 2.75) is 32.2 Å². The van der Waals surface area contributed by atoms with Crippen LogP contribution in [0.2, 0.25) is 0 Å². The van der Waals surface area contributed by atoms with E-state index in [9.17, 15) is 4.79 Å². The Bertz CT molecular complexity index is 205. The summed E-state index contributed by atoms with van der Waals surface area (Å²) in [6.07, 6.45) is 4.53. The first-order valence-corrected chi connectivity index (χ1v) is 4.30. The van der Waals surface area contributed by atoms with Gasteiger partial charge in [-0.3, -0.25) is 0 Å². The van der Waals surface area contributed by atoms with Gasteiger partial charge in [0.15, 0.2) is 0 Å². The third-order valence-electron chi connectivity index (χ3n) is 1.53. The molecule has 0 bridgehead atoms. The number of carbonyl (C=O) groups is 1. The van der Waals surface area contributed by atoms with Crippen molar-refractivity contribution in [3.8, 4) is 12.0 Å². The molecule has 0 fully saturated rings. The van der Waals surface area contributed by atoms with Crippen LogP contribution in [0.25, 0.3) is 0 Å². The summed E-state index contributed by atoms with van der Waals surface area (Å²) in [6, 6.07) is -0.576. The molecule has 0 aliphatic heterocycles. The van der Waals surface area contributed by atoms with Crippen LogP contribution in [-0.4, -0.2) is 18.6 Å². The molecular weight excluding hydrogens is 168 g/mol. The van der Waals surface area contributed by atoms with Gasteiger partial charge in [0.2, 0.25) is 0 Å². The minimum absolute atomic E-state index is 0.466. The van der Waals surface area contributed by atoms with Crippen LogP contribution in [0, 0.1) is 12.0 Å². The van der Waals surface area contributed by atoms with E-state index in [1.807, 2.05) is 0 Å². The lowest BCUT2D eigenvalue weighted by molar-refractivity contribution is -0.138. The maximum atomic E-state index is 11.0. The lowest BCUT2D eigenvalue weighted by Crippen LogP contribution is -2.31. The van der Waals surface area contributed by atoms with Crippen molar-refractivity contribution >= 4 is 5.97 Å². The topological polar surface area (TPSA) is 78.3 Å². The molecule has 0 aromatic carbocycles. The normalized spacial score (nSPS) is 11.3. The second-order valence-electron chi connectivity index (χ2n) is 2.66. The maximum absolute atomic E-state index is 11.0. The number of unbranched alkanes of at least 4 members (excludes halogenated alkanes) is 1. The van der Waals surface area contributed by atoms with E-state index >= 15 is 0 Å². The van der Waals surface area contributed by atoms with E-state index in [0.29, 0.717) is 13.0 Å². The van der Waals surface area contributed by atoms with Gasteiger partial charge in [-0.1, -0.05) is 12.3 Å². The van der Waals surface area contributed by atoms with Gasteiger partial charge in [-0.05, 0) is 19.4 Å². The summed E-state index contributed by atoms with van der Waals surface area (Å²) in [5.74, 6) is 1.99. The van der Waals surface area contributed by atoms with E-state index in [2.05, 4.69) is 16.8 Å². The van der Waals surface area contributed by atoms with Crippen LogP contribution in [0.1, 0.15) is 26.2 Å². The van der Waals surface area contributed by atoms with Crippen molar-refractivity contribution in [1.29, 1.82) is 0 Å². The van der Waals surface area contributed by atoms with Crippen LogP contribution in [0.4, 0.5) is 0 Å². The van der Waals surface area contributed by atoms with E-state index in [4.69, 9.17) is 11.5 Å². The molecule has 0 unspecified atom stereocenters. The predicted octanol–water partition coefficient (Wildman–Crippen LogP) is -0.0333. The average molecular weight is 184 g/mol. The molecule has 0 amide bonds. The van der Waals surface area contributed by atoms with Gasteiger partial charge in [-0.25, -0.2) is 4.79 Å². The quantitative estimate of drug-likeness (QED) is 0.357. The van der Waals surface area contributed by atoms with Crippen LogP contribution in [0.5, 0.6) is 0 Å². The lowest BCUT2D eigenvalue weighted by atomic mass is 10.1. The Balaban J connectivity index is 3.60. The lowest BCUT2D eigenvalue weighted by Gasteiger charge is -2.06. The molecular formula is C9H16N2O2. The minimum Gasteiger partial charge on any atom is -0.371 e. The molecule has 0 spiro atoms. The highest BCUT2D eigenvalue weighted by atomic mass is 16.5. The first kappa shape index (κ1) is 11.9. The van der Waals surface area contributed by atoms with Crippen molar-refractivity contribution in [3.05, 3.63) is 0 Å². The van der Waals surface area contributed by atoms with Crippen molar-refractivity contribution in [3.63, 3.8) is 0 Å². The molecule has 0 rings (SSSR count). The molecule has 0 saturated carbocycles. The fraction of sp³-hybridized carbons (Fsp3) is 0.667. The Morgan fingerprint density at radius 1 is 1.54 bits per heavy atom. The largest absolute Gasteiger partial charge is 0.371 e. The average Bonchev–Trinajstić information content (AvgIpc) is 2.14. The van der Waals surface area contributed by atoms with Gasteiger partial charge >= 0.3 is 5.97 Å². The highest BCUT2D eigenvalue weighted by molar-refractivity contribution is 5.76. The van der Waals surface area contributed by atoms with Crippen molar-refractivity contribution in [2.75, 3.05) is 6.54 Å². The summed E-state index contributed by atoms with van der Waals surface area (Å²) in [5.41, 5.74) is 10.8. The minimum atomic E-state index is -0.576. The molecule has 0 heterocycles. The first-order chi connectivity index (χ1) is 6.22. The van der Waals surface area contributed by atoms with Crippen molar-refractivity contribution in [1.82, 2.24) is 0 Å². The third-order valence-corrected chi connectivity index (χ3v) is 1.53. The van der Waals surface area contributed by atoms with Crippen LogP contribution >= 0.6 is 0 Å². The number of ether oxygens (including phenoxy) is 1. The molecule has 1 atom stereocenters. The molecule has 4 N–H and O–H groups in total. The summed E-state index contributed by atoms with van der Waals surface area (Å²) in [5, 5.41) is 0. The third kappa shape index (κ3) is 6.14. The van der Waals surface area contributed by atoms with E-state index in [1.165, 1.54) is 0 Å². The van der Waals surface area contributed by atoms with Crippen LogP contribution in [-0.2, 0) is 9.53 Å². The zero-order chi connectivity index (χ0) is 10.1. The molecule has 0 radical (unpaired) electrons. The summed E-state index contributed by atoms with van der Waals surface area (Å²) in [4.78, 5) is 11.0. The van der Waals surface area contributed by atoms with Crippen molar-refractivity contribution < 1.29 is 9.53 Å². The molecule has 13 heavy (non-hydrogen) atoms. The summed E-state index contributed by atoms with van der Waals surface area (Å²) < 4.78 is 4.53. The molecule has 4 heteroatoms. The highest BCUT2D eigenvalue weighted by Gasteiger charge is 2.13. The fourth-order valence-corrected chi connectivity index (χ4v) is 0.803. The maximum Gasteiger partial charge on any atom is 0.336 e. The monoisotopic (exact) mass is 184 g/mol. The Morgan fingerprint density at radius 3 is 2.77 bits per heavy atom. The van der Waals surface area contributed by atoms with Crippen LogP contribution < -0.4 is 11.5 Å². The molecule has 4 nitrogen and oxygen atoms in total. The molecule has 0 aromatic heterocycles. The zero-order valence-corrected chi connectivity index (χ0v) is 7.88. The number of hydrogen-bond donors (Lipinski definition) is 2. The number of nitrogens with two attached hydrogens (primary N) is 2. The van der Waals surface area contributed by atoms with Gasteiger partial charge in [-0.2, -0.15) is 0 Å². The van der Waals surface area contributed by atoms with Gasteiger partial charge < -0.3 is 16.2 Å². The van der Waals surface area contributed by atoms with E-state index < -0.39 is 12.0 Å². The van der Waals surface area contributed by atoms with E-state index in [1.54, 1.807) is 6.92 Å². The Labute approximate surface area is 78.6 Å². The van der Waals surface area contributed by atoms with E-state index in [-0.39, 0.29) is 0 Å². The predicted molar refractivity (Wildman–Crippen MR) is 50.4 cm³/mol. The fourth-order valence-electron chi connectivity index (χ4n) is 0.803. The molecule has 0 aliphatic rings. The van der Waals surface area contributed by atoms with Gasteiger partial charge in [0.05, 0.1) is 0 Å². The first-order valence-electron chi connectivity index (χ1n) is 4.30. The Morgan fingerprint density at radius 2 is 2.23 bits per heavy atom. The summed E-state index contributed by atoms with van der Waals surface area (Å²) in [6.45, 7) is 2.21. The number of hydrogen-bond acceptors (Lipinski definition) is 4. The number of carbonyl (C=O) groups excluding carboxylic acids is 1. The van der Waals surface area contributed by atoms with Gasteiger partial charge in [-0.15, -0.1) is 0 Å². The standard InChI is InChI=1S/C9H16N2O2/c1-2-7-13-9(12)8(11)5-3-4-6-10/h8H,3-6,10-11H2,1H3/t8-/m0/s1. The molecule has 0 aliphatic carbocycles. The second-order valence-corrected chi connectivity index (χ2v) is 2.66. The van der Waals surface area contributed by atoms with E-state index in [0.717, 1.165) is 12.8 Å². The Kier molecular flexibility index (Phi) is 6.98. The van der Waals surface area contributed by atoms with Gasteiger partial charge in [0.25, 0.3) is 0 Å². The van der Waals surface area contributed by atoms with Crippen molar-refractivity contribution in [2.24, 2.45) is 11.5 Å². The second kappa shape index (κ2) is 7.59. The molecule has 0 saturated heterocycles. The summed E-state index contributed by atoms with van der Waals surface area (Å²) in [7, 11) is 0. The number of rotatable bonds is 5. The van der Waals surface area contributed by atoms with Crippen LogP contribution in [0.15, 0.2) is 0 Å². The molecule has 74 valence electrons. The Hall–Kier alpha value is -1.05. The van der Waals surface area contributed by atoms with Gasteiger partial charge in [0, 0.05) is 6.92 Å². The number of esters is 1. The smallest absolute Gasteiger partial charge is 0.336 e. The SMILES string of the molecule is CC#COC(=O)[C@@H](N)CCCCN. The summed E-state index contributed by atoms with van der Waals surface area (Å²) >= 11 is 0. The van der Waals surface area contributed by atoms with Crippen LogP contribution in [0.3, 0.4) is 0 Å². The zero-order valence-electron chi connectivity index (χ0n) is 7.88. The molecule has 0 aromatic rings. The highest BCUT2D eigenvalue weighted by Crippen LogP contribution is 1.99. The van der Waals surface area contributed by atoms with Gasteiger partial charge in [0.1, 0.15) is 12.1 Å².